The van der Waals surface area contributed by atoms with Gasteiger partial charge in [0.2, 0.25) is 0 Å². The first kappa shape index (κ1) is 30.6. The highest BCUT2D eigenvalue weighted by Crippen LogP contribution is 2.42. The number of carbonyl (C=O) groups excluding carboxylic acids is 2. The van der Waals surface area contributed by atoms with E-state index in [0.29, 0.717) is 0 Å². The molecule has 0 unspecified atom stereocenters. The number of allylic oxidation sites excluding steroid dienone is 2. The maximum Gasteiger partial charge on any atom is 0.342 e. The van der Waals surface area contributed by atoms with Crippen molar-refractivity contribution in [3.05, 3.63) is 93.1 Å². The van der Waals surface area contributed by atoms with Crippen LogP contribution in [0.2, 0.25) is 0 Å². The summed E-state index contributed by atoms with van der Waals surface area (Å²) in [6, 6.07) is 14.0. The van der Waals surface area contributed by atoms with Gasteiger partial charge in [0, 0.05) is 44.3 Å². The van der Waals surface area contributed by atoms with E-state index in [1.165, 1.54) is 24.6 Å². The first-order valence-electron chi connectivity index (χ1n) is 12.7. The molecular weight excluding hydrogens is 544 g/mol. The van der Waals surface area contributed by atoms with Gasteiger partial charge in [-0.1, -0.05) is 35.6 Å². The Balaban J connectivity index is 1.92. The van der Waals surface area contributed by atoms with Gasteiger partial charge in [0.1, 0.15) is 21.1 Å². The summed E-state index contributed by atoms with van der Waals surface area (Å²) in [4.78, 5) is 47.0. The summed E-state index contributed by atoms with van der Waals surface area (Å²) in [6.45, 7) is 3.55. The van der Waals surface area contributed by atoms with E-state index in [2.05, 4.69) is 9.98 Å². The van der Waals surface area contributed by atoms with E-state index in [0.717, 1.165) is 28.2 Å². The van der Waals surface area contributed by atoms with Gasteiger partial charge >= 0.3 is 11.9 Å². The monoisotopic (exact) mass is 574 g/mol. The minimum atomic E-state index is -0.712. The Morgan fingerprint density at radius 1 is 0.829 bits per heavy atom. The second kappa shape index (κ2) is 15.0. The normalized spacial score (nSPS) is 11.6. The number of esters is 2. The molecule has 3 rings (SSSR count). The first-order chi connectivity index (χ1) is 19.7. The molecule has 0 spiro atoms. The summed E-state index contributed by atoms with van der Waals surface area (Å²) < 4.78 is 10.4. The Morgan fingerprint density at radius 3 is 1.66 bits per heavy atom. The van der Waals surface area contributed by atoms with Crippen LogP contribution in [0.3, 0.4) is 0 Å². The van der Waals surface area contributed by atoms with E-state index in [1.807, 2.05) is 49.3 Å². The molecule has 0 aliphatic rings. The number of nitro groups is 1. The van der Waals surface area contributed by atoms with Crippen LogP contribution in [0, 0.1) is 10.1 Å². The van der Waals surface area contributed by atoms with Crippen molar-refractivity contribution in [1.82, 2.24) is 0 Å². The molecule has 10 nitrogen and oxygen atoms in total. The molecule has 41 heavy (non-hydrogen) atoms. The van der Waals surface area contributed by atoms with Gasteiger partial charge in [-0.05, 0) is 61.4 Å². The van der Waals surface area contributed by atoms with Gasteiger partial charge in [-0.2, -0.15) is 0 Å². The van der Waals surface area contributed by atoms with Crippen molar-refractivity contribution in [3.8, 4) is 0 Å². The molecule has 0 saturated heterocycles. The summed E-state index contributed by atoms with van der Waals surface area (Å²) in [6.07, 6.45) is 9.91. The lowest BCUT2D eigenvalue weighted by Gasteiger charge is -2.11. The van der Waals surface area contributed by atoms with Crippen LogP contribution < -0.4 is 4.90 Å². The van der Waals surface area contributed by atoms with Gasteiger partial charge in [-0.3, -0.25) is 10.1 Å². The predicted molar refractivity (Wildman–Crippen MR) is 164 cm³/mol. The van der Waals surface area contributed by atoms with Gasteiger partial charge in [0.05, 0.1) is 18.1 Å². The van der Waals surface area contributed by atoms with Crippen molar-refractivity contribution in [1.29, 1.82) is 0 Å². The molecule has 212 valence electrons. The number of nitrogens with zero attached hydrogens (tertiary/aromatic N) is 4. The van der Waals surface area contributed by atoms with Gasteiger partial charge in [-0.15, -0.1) is 0 Å². The fraction of sp³-hybridized carbons (Fsp3) is 0.200. The van der Waals surface area contributed by atoms with E-state index in [4.69, 9.17) is 9.47 Å². The van der Waals surface area contributed by atoms with E-state index < -0.39 is 16.9 Å². The molecule has 0 N–H and O–H groups in total. The quantitative estimate of drug-likeness (QED) is 0.0996. The number of carbonyl (C=O) groups is 2. The Hall–Kier alpha value is -4.90. The molecule has 0 atom stereocenters. The van der Waals surface area contributed by atoms with Gasteiger partial charge in [0.15, 0.2) is 0 Å². The summed E-state index contributed by atoms with van der Waals surface area (Å²) in [7, 11) is 3.94. The lowest BCUT2D eigenvalue weighted by molar-refractivity contribution is -0.384. The Bertz CT molecular complexity index is 1490. The SMILES string of the molecule is CCOC(=O)c1c(/N=C/C=C/c2ccc(N(C)C)cc2)sc(/N=C/C=C/c2ccc([N+](=O)[O-])cc2)c1C(=O)OCC. The van der Waals surface area contributed by atoms with E-state index in [1.54, 1.807) is 44.2 Å². The number of rotatable bonds is 12. The number of anilines is 1. The number of hydrogen-bond donors (Lipinski definition) is 0. The maximum atomic E-state index is 12.9. The summed E-state index contributed by atoms with van der Waals surface area (Å²) in [5.41, 5.74) is 2.73. The van der Waals surface area contributed by atoms with E-state index in [9.17, 15) is 19.7 Å². The molecule has 11 heteroatoms. The van der Waals surface area contributed by atoms with Gasteiger partial charge in [0.25, 0.3) is 5.69 Å². The summed E-state index contributed by atoms with van der Waals surface area (Å²) in [5, 5.41) is 11.3. The lowest BCUT2D eigenvalue weighted by Crippen LogP contribution is -2.12. The van der Waals surface area contributed by atoms with Gasteiger partial charge in [-0.25, -0.2) is 19.6 Å². The minimum absolute atomic E-state index is 0.00913. The molecule has 0 aliphatic carbocycles. The van der Waals surface area contributed by atoms with Crippen LogP contribution in [-0.2, 0) is 9.47 Å². The zero-order valence-corrected chi connectivity index (χ0v) is 24.0. The second-order valence-electron chi connectivity index (χ2n) is 8.51. The third-order valence-electron chi connectivity index (χ3n) is 5.48. The third kappa shape index (κ3) is 8.54. The molecular formula is C30H30N4O6S. The van der Waals surface area contributed by atoms with Crippen molar-refractivity contribution in [2.24, 2.45) is 9.98 Å². The fourth-order valence-electron chi connectivity index (χ4n) is 3.50. The number of thiophene rings is 1. The highest BCUT2D eigenvalue weighted by molar-refractivity contribution is 7.20. The molecule has 0 aliphatic heterocycles. The third-order valence-corrected chi connectivity index (χ3v) is 6.48. The van der Waals surface area contributed by atoms with Crippen LogP contribution in [0.4, 0.5) is 21.4 Å². The largest absolute Gasteiger partial charge is 0.462 e. The Morgan fingerprint density at radius 2 is 1.27 bits per heavy atom. The van der Waals surface area contributed by atoms with E-state index in [-0.39, 0.29) is 40.0 Å². The smallest absolute Gasteiger partial charge is 0.342 e. The van der Waals surface area contributed by atoms with Crippen LogP contribution in [0.1, 0.15) is 45.7 Å². The Kier molecular flexibility index (Phi) is 11.2. The minimum Gasteiger partial charge on any atom is -0.462 e. The average Bonchev–Trinajstić information content (AvgIpc) is 3.32. The highest BCUT2D eigenvalue weighted by atomic mass is 32.1. The van der Waals surface area contributed by atoms with Crippen molar-refractivity contribution in [3.63, 3.8) is 0 Å². The zero-order chi connectivity index (χ0) is 29.8. The number of aliphatic imine (C=N–C) groups is 2. The molecule has 1 heterocycles. The number of nitro benzene ring substituents is 1. The van der Waals surface area contributed by atoms with E-state index >= 15 is 0 Å². The van der Waals surface area contributed by atoms with Crippen LogP contribution in [0.25, 0.3) is 12.2 Å². The van der Waals surface area contributed by atoms with Crippen LogP contribution in [0.15, 0.2) is 70.7 Å². The van der Waals surface area contributed by atoms with Crippen LogP contribution in [0.5, 0.6) is 0 Å². The zero-order valence-electron chi connectivity index (χ0n) is 23.1. The number of ether oxygens (including phenoxy) is 2. The molecule has 0 bridgehead atoms. The van der Waals surface area contributed by atoms with Crippen LogP contribution in [-0.4, -0.2) is 56.6 Å². The standard InChI is InChI=1S/C30H30N4O6S/c1-5-39-29(35)25-26(30(36)40-6-2)28(32-20-8-10-22-13-17-24(18-14-22)34(37)38)41-27(25)31-19-7-9-21-11-15-23(16-12-21)33(3)4/h7-20H,5-6H2,1-4H3/b9-7+,10-8+,31-19+,32-20+. The molecule has 0 fully saturated rings. The molecule has 0 saturated carbocycles. The molecule has 0 amide bonds. The first-order valence-corrected chi connectivity index (χ1v) is 13.5. The summed E-state index contributed by atoms with van der Waals surface area (Å²) in [5.74, 6) is -1.42. The van der Waals surface area contributed by atoms with Gasteiger partial charge < -0.3 is 14.4 Å². The molecule has 1 aromatic heterocycles. The number of non-ortho nitro benzene ring substituents is 1. The predicted octanol–water partition coefficient (Wildman–Crippen LogP) is 6.91. The lowest BCUT2D eigenvalue weighted by atomic mass is 10.1. The summed E-state index contributed by atoms with van der Waals surface area (Å²) >= 11 is 1.05. The Labute approximate surface area is 242 Å². The number of hydrogen-bond acceptors (Lipinski definition) is 10. The van der Waals surface area contributed by atoms with Crippen molar-refractivity contribution in [2.75, 3.05) is 32.2 Å². The van der Waals surface area contributed by atoms with Crippen molar-refractivity contribution >= 4 is 69.2 Å². The van der Waals surface area contributed by atoms with Crippen molar-refractivity contribution < 1.29 is 24.0 Å². The second-order valence-corrected chi connectivity index (χ2v) is 9.49. The topological polar surface area (TPSA) is 124 Å². The van der Waals surface area contributed by atoms with Crippen LogP contribution >= 0.6 is 11.3 Å². The maximum absolute atomic E-state index is 12.9. The molecule has 3 aromatic rings. The average molecular weight is 575 g/mol. The molecule has 2 aromatic carbocycles. The molecule has 0 radical (unpaired) electrons. The van der Waals surface area contributed by atoms with Crippen molar-refractivity contribution in [2.45, 2.75) is 13.8 Å². The fourth-order valence-corrected chi connectivity index (χ4v) is 4.48. The number of benzene rings is 2. The highest BCUT2D eigenvalue weighted by Gasteiger charge is 2.30.